The fourth-order valence-corrected chi connectivity index (χ4v) is 2.07. The van der Waals surface area contributed by atoms with E-state index in [4.69, 9.17) is 0 Å². The third-order valence-corrected chi connectivity index (χ3v) is 3.35. The molecule has 1 aromatic carbocycles. The van der Waals surface area contributed by atoms with Crippen LogP contribution >= 0.6 is 0 Å². The molecule has 104 valence electrons. The van der Waals surface area contributed by atoms with Crippen molar-refractivity contribution in [3.05, 3.63) is 57.3 Å². The van der Waals surface area contributed by atoms with E-state index in [0.29, 0.717) is 22.4 Å². The van der Waals surface area contributed by atoms with Crippen LogP contribution in [0, 0.1) is 19.7 Å². The second kappa shape index (κ2) is 4.92. The number of carbonyl (C=O) groups is 1. The maximum absolute atomic E-state index is 13.3. The van der Waals surface area contributed by atoms with E-state index >= 15 is 0 Å². The van der Waals surface area contributed by atoms with Gasteiger partial charge in [-0.05, 0) is 43.2 Å². The molecule has 0 radical (unpaired) electrons. The van der Waals surface area contributed by atoms with Gasteiger partial charge in [0.2, 0.25) is 0 Å². The number of halogens is 1. The van der Waals surface area contributed by atoms with Crippen LogP contribution in [0.5, 0.6) is 0 Å². The SMILES string of the molecule is Cc1cc(-c2cc(C)n(C)c(=O)c2C(=O)O)ccc1F. The number of nitrogens with zero attached hydrogens (tertiary/aromatic N) is 1. The summed E-state index contributed by atoms with van der Waals surface area (Å²) < 4.78 is 14.6. The van der Waals surface area contributed by atoms with Gasteiger partial charge in [-0.25, -0.2) is 9.18 Å². The van der Waals surface area contributed by atoms with Crippen molar-refractivity contribution in [2.75, 3.05) is 0 Å². The molecule has 2 aromatic rings. The molecule has 0 aliphatic rings. The zero-order valence-corrected chi connectivity index (χ0v) is 11.4. The van der Waals surface area contributed by atoms with Gasteiger partial charge in [-0.1, -0.05) is 6.07 Å². The van der Waals surface area contributed by atoms with Gasteiger partial charge in [0, 0.05) is 18.3 Å². The Hall–Kier alpha value is -2.43. The van der Waals surface area contributed by atoms with E-state index in [1.54, 1.807) is 19.9 Å². The van der Waals surface area contributed by atoms with Crippen molar-refractivity contribution >= 4 is 5.97 Å². The van der Waals surface area contributed by atoms with E-state index in [2.05, 4.69) is 0 Å². The molecule has 0 unspecified atom stereocenters. The van der Waals surface area contributed by atoms with E-state index in [0.717, 1.165) is 0 Å². The van der Waals surface area contributed by atoms with Crippen LogP contribution in [0.1, 0.15) is 21.6 Å². The van der Waals surface area contributed by atoms with Gasteiger partial charge >= 0.3 is 5.97 Å². The Morgan fingerprint density at radius 1 is 1.25 bits per heavy atom. The Labute approximate surface area is 115 Å². The van der Waals surface area contributed by atoms with E-state index in [-0.39, 0.29) is 11.4 Å². The molecule has 0 atom stereocenters. The smallest absolute Gasteiger partial charge is 0.341 e. The second-order valence-corrected chi connectivity index (χ2v) is 4.71. The van der Waals surface area contributed by atoms with Gasteiger partial charge in [0.25, 0.3) is 5.56 Å². The predicted octanol–water partition coefficient (Wildman–Crippen LogP) is 2.51. The molecule has 0 bridgehead atoms. The summed E-state index contributed by atoms with van der Waals surface area (Å²) in [5.41, 5.74) is 0.982. The first-order chi connectivity index (χ1) is 9.32. The van der Waals surface area contributed by atoms with Gasteiger partial charge < -0.3 is 9.67 Å². The van der Waals surface area contributed by atoms with Crippen LogP contribution in [0.25, 0.3) is 11.1 Å². The van der Waals surface area contributed by atoms with Crippen molar-refractivity contribution in [3.8, 4) is 11.1 Å². The van der Waals surface area contributed by atoms with Crippen LogP contribution < -0.4 is 5.56 Å². The lowest BCUT2D eigenvalue weighted by molar-refractivity contribution is 0.0695. The molecule has 1 N–H and O–H groups in total. The zero-order valence-electron chi connectivity index (χ0n) is 11.4. The summed E-state index contributed by atoms with van der Waals surface area (Å²) in [7, 11) is 1.52. The largest absolute Gasteiger partial charge is 0.477 e. The lowest BCUT2D eigenvalue weighted by Crippen LogP contribution is -2.26. The molecular formula is C15H14FNO3. The second-order valence-electron chi connectivity index (χ2n) is 4.71. The topological polar surface area (TPSA) is 59.3 Å². The highest BCUT2D eigenvalue weighted by Crippen LogP contribution is 2.24. The van der Waals surface area contributed by atoms with Crippen molar-refractivity contribution < 1.29 is 14.3 Å². The minimum atomic E-state index is -1.29. The number of hydrogen-bond donors (Lipinski definition) is 1. The number of hydrogen-bond acceptors (Lipinski definition) is 2. The van der Waals surface area contributed by atoms with Crippen molar-refractivity contribution in [2.24, 2.45) is 7.05 Å². The number of aryl methyl sites for hydroxylation is 2. The van der Waals surface area contributed by atoms with Crippen LogP contribution in [0.3, 0.4) is 0 Å². The van der Waals surface area contributed by atoms with Crippen LogP contribution in [0.2, 0.25) is 0 Å². The molecule has 2 rings (SSSR count). The quantitative estimate of drug-likeness (QED) is 0.916. The molecule has 4 nitrogen and oxygen atoms in total. The summed E-state index contributed by atoms with van der Waals surface area (Å²) in [4.78, 5) is 23.4. The molecule has 20 heavy (non-hydrogen) atoms. The highest BCUT2D eigenvalue weighted by molar-refractivity contribution is 5.95. The van der Waals surface area contributed by atoms with E-state index in [1.807, 2.05) is 0 Å². The maximum atomic E-state index is 13.3. The molecule has 0 spiro atoms. The minimum Gasteiger partial charge on any atom is -0.477 e. The molecule has 0 amide bonds. The molecule has 0 saturated heterocycles. The van der Waals surface area contributed by atoms with Crippen LogP contribution in [0.15, 0.2) is 29.1 Å². The normalized spacial score (nSPS) is 10.6. The molecule has 0 aliphatic heterocycles. The Balaban J connectivity index is 2.82. The summed E-state index contributed by atoms with van der Waals surface area (Å²) in [6.07, 6.45) is 0. The van der Waals surface area contributed by atoms with Crippen LogP contribution in [0.4, 0.5) is 4.39 Å². The first-order valence-electron chi connectivity index (χ1n) is 6.03. The van der Waals surface area contributed by atoms with E-state index < -0.39 is 11.5 Å². The molecule has 0 saturated carbocycles. The zero-order chi connectivity index (χ0) is 15.0. The fraction of sp³-hybridized carbons (Fsp3) is 0.200. The summed E-state index contributed by atoms with van der Waals surface area (Å²) in [6.45, 7) is 3.31. The monoisotopic (exact) mass is 275 g/mol. The number of aromatic nitrogens is 1. The van der Waals surface area contributed by atoms with Gasteiger partial charge in [-0.15, -0.1) is 0 Å². The summed E-state index contributed by atoms with van der Waals surface area (Å²) in [6, 6.07) is 5.90. The summed E-state index contributed by atoms with van der Waals surface area (Å²) in [5, 5.41) is 9.26. The number of carboxylic acid groups (broad SMARTS) is 1. The molecule has 0 aliphatic carbocycles. The Bertz CT molecular complexity index is 762. The highest BCUT2D eigenvalue weighted by Gasteiger charge is 2.19. The van der Waals surface area contributed by atoms with Crippen LogP contribution in [-0.4, -0.2) is 15.6 Å². The standard InChI is InChI=1S/C15H14FNO3/c1-8-6-10(4-5-12(8)16)11-7-9(2)17(3)14(18)13(11)15(19)20/h4-7H,1-3H3,(H,19,20). The lowest BCUT2D eigenvalue weighted by atomic mass is 9.98. The Morgan fingerprint density at radius 3 is 2.45 bits per heavy atom. The number of benzene rings is 1. The number of rotatable bonds is 2. The summed E-state index contributed by atoms with van der Waals surface area (Å²) in [5.74, 6) is -1.66. The highest BCUT2D eigenvalue weighted by atomic mass is 19.1. The number of carboxylic acids is 1. The number of pyridine rings is 1. The van der Waals surface area contributed by atoms with E-state index in [1.165, 1.54) is 29.8 Å². The predicted molar refractivity (Wildman–Crippen MR) is 73.5 cm³/mol. The minimum absolute atomic E-state index is 0.302. The first kappa shape index (κ1) is 14.0. The fourth-order valence-electron chi connectivity index (χ4n) is 2.07. The summed E-state index contributed by atoms with van der Waals surface area (Å²) >= 11 is 0. The van der Waals surface area contributed by atoms with Gasteiger partial charge in [-0.3, -0.25) is 4.79 Å². The number of aromatic carboxylic acids is 1. The van der Waals surface area contributed by atoms with Gasteiger partial charge in [0.15, 0.2) is 0 Å². The molecular weight excluding hydrogens is 261 g/mol. The lowest BCUT2D eigenvalue weighted by Gasteiger charge is -2.11. The van der Waals surface area contributed by atoms with Crippen molar-refractivity contribution in [1.29, 1.82) is 0 Å². The van der Waals surface area contributed by atoms with Crippen LogP contribution in [-0.2, 0) is 7.05 Å². The van der Waals surface area contributed by atoms with Gasteiger partial charge in [-0.2, -0.15) is 0 Å². The molecule has 0 fully saturated rings. The average molecular weight is 275 g/mol. The third-order valence-electron chi connectivity index (χ3n) is 3.35. The molecule has 1 heterocycles. The molecule has 5 heteroatoms. The average Bonchev–Trinajstić information content (AvgIpc) is 2.38. The molecule has 1 aromatic heterocycles. The van der Waals surface area contributed by atoms with Gasteiger partial charge in [0.05, 0.1) is 0 Å². The van der Waals surface area contributed by atoms with Crippen molar-refractivity contribution in [1.82, 2.24) is 4.57 Å². The van der Waals surface area contributed by atoms with Crippen molar-refractivity contribution in [2.45, 2.75) is 13.8 Å². The van der Waals surface area contributed by atoms with Gasteiger partial charge in [0.1, 0.15) is 11.4 Å². The first-order valence-corrected chi connectivity index (χ1v) is 6.03. The Kier molecular flexibility index (Phi) is 3.44. The third kappa shape index (κ3) is 2.22. The Morgan fingerprint density at radius 2 is 1.90 bits per heavy atom. The maximum Gasteiger partial charge on any atom is 0.341 e. The van der Waals surface area contributed by atoms with Crippen molar-refractivity contribution in [3.63, 3.8) is 0 Å². The van der Waals surface area contributed by atoms with E-state index in [9.17, 15) is 19.1 Å².